The third-order valence-corrected chi connectivity index (χ3v) is 1.79. The van der Waals surface area contributed by atoms with Crippen LogP contribution in [0.1, 0.15) is 16.8 Å². The molecule has 1 rings (SSSR count). The van der Waals surface area contributed by atoms with Gasteiger partial charge < -0.3 is 9.57 Å². The van der Waals surface area contributed by atoms with Gasteiger partial charge in [-0.15, -0.1) is 10.1 Å². The van der Waals surface area contributed by atoms with Crippen LogP contribution in [0.25, 0.3) is 0 Å². The predicted molar refractivity (Wildman–Crippen MR) is 54.9 cm³/mol. The number of hydrogen-bond donors (Lipinski definition) is 0. The summed E-state index contributed by atoms with van der Waals surface area (Å²) in [5.74, 6) is 0.471. The van der Waals surface area contributed by atoms with Crippen LogP contribution in [0.3, 0.4) is 0 Å². The number of nitrogens with zero attached hydrogens (tertiary/aromatic N) is 1. The minimum atomic E-state index is -0.848. The molecule has 1 aromatic carbocycles. The molecule has 1 aromatic rings. The van der Waals surface area contributed by atoms with E-state index < -0.39 is 5.09 Å². The molecule has 0 atom stereocenters. The van der Waals surface area contributed by atoms with Crippen molar-refractivity contribution in [3.63, 3.8) is 0 Å². The molecular formula is C10H11NO5. The summed E-state index contributed by atoms with van der Waals surface area (Å²) >= 11 is 0. The normalized spacial score (nSPS) is 9.50. The summed E-state index contributed by atoms with van der Waals surface area (Å²) in [5.41, 5.74) is 0.456. The van der Waals surface area contributed by atoms with E-state index in [0.29, 0.717) is 24.0 Å². The van der Waals surface area contributed by atoms with Gasteiger partial charge in [0.1, 0.15) is 5.75 Å². The van der Waals surface area contributed by atoms with Crippen molar-refractivity contribution in [3.8, 4) is 5.75 Å². The Hall–Kier alpha value is -2.11. The summed E-state index contributed by atoms with van der Waals surface area (Å²) in [6.45, 7) is 0.245. The number of ether oxygens (including phenoxy) is 1. The van der Waals surface area contributed by atoms with Gasteiger partial charge in [-0.05, 0) is 12.1 Å². The van der Waals surface area contributed by atoms with Crippen molar-refractivity contribution in [2.24, 2.45) is 0 Å². The molecule has 0 unspecified atom stereocenters. The average molecular weight is 225 g/mol. The first-order valence-corrected chi connectivity index (χ1v) is 4.68. The van der Waals surface area contributed by atoms with Crippen LogP contribution in [-0.4, -0.2) is 24.6 Å². The molecule has 0 fully saturated rings. The van der Waals surface area contributed by atoms with Crippen LogP contribution in [0.4, 0.5) is 0 Å². The first kappa shape index (κ1) is 12.0. The number of aldehydes is 1. The molecule has 16 heavy (non-hydrogen) atoms. The van der Waals surface area contributed by atoms with Gasteiger partial charge in [0.2, 0.25) is 0 Å². The van der Waals surface area contributed by atoms with E-state index in [2.05, 4.69) is 4.84 Å². The molecule has 0 bridgehead atoms. The highest BCUT2D eigenvalue weighted by Crippen LogP contribution is 2.15. The van der Waals surface area contributed by atoms with Gasteiger partial charge >= 0.3 is 0 Å². The maximum absolute atomic E-state index is 10.6. The minimum absolute atomic E-state index is 0.0176. The molecular weight excluding hydrogens is 214 g/mol. The highest BCUT2D eigenvalue weighted by Gasteiger charge is 2.01. The van der Waals surface area contributed by atoms with E-state index >= 15 is 0 Å². The molecule has 0 saturated carbocycles. The Balaban J connectivity index is 2.31. The highest BCUT2D eigenvalue weighted by atomic mass is 16.9. The fraction of sp³-hybridized carbons (Fsp3) is 0.300. The minimum Gasteiger partial charge on any atom is -0.493 e. The highest BCUT2D eigenvalue weighted by molar-refractivity contribution is 5.79. The lowest BCUT2D eigenvalue weighted by Crippen LogP contribution is -2.07. The molecule has 0 amide bonds. The lowest BCUT2D eigenvalue weighted by Gasteiger charge is -2.07. The van der Waals surface area contributed by atoms with E-state index in [1.54, 1.807) is 24.3 Å². The number of para-hydroxylation sites is 1. The number of hydrogen-bond acceptors (Lipinski definition) is 5. The number of rotatable bonds is 7. The molecule has 0 aliphatic heterocycles. The largest absolute Gasteiger partial charge is 0.493 e. The average Bonchev–Trinajstić information content (AvgIpc) is 2.29. The van der Waals surface area contributed by atoms with Gasteiger partial charge in [-0.2, -0.15) is 0 Å². The van der Waals surface area contributed by atoms with Crippen molar-refractivity contribution in [1.29, 1.82) is 0 Å². The van der Waals surface area contributed by atoms with Crippen LogP contribution in [0.15, 0.2) is 24.3 Å². The maximum atomic E-state index is 10.6. The predicted octanol–water partition coefficient (Wildman–Crippen LogP) is 1.48. The van der Waals surface area contributed by atoms with Gasteiger partial charge in [0.05, 0.1) is 18.8 Å². The summed E-state index contributed by atoms with van der Waals surface area (Å²) in [7, 11) is 0. The van der Waals surface area contributed by atoms with Crippen LogP contribution in [0.2, 0.25) is 0 Å². The Morgan fingerprint density at radius 1 is 1.31 bits per heavy atom. The summed E-state index contributed by atoms with van der Waals surface area (Å²) in [5, 5.41) is 8.98. The van der Waals surface area contributed by atoms with E-state index in [1.807, 2.05) is 0 Å². The third-order valence-electron chi connectivity index (χ3n) is 1.79. The fourth-order valence-electron chi connectivity index (χ4n) is 1.09. The Bertz CT molecular complexity index is 366. The van der Waals surface area contributed by atoms with Crippen molar-refractivity contribution in [3.05, 3.63) is 39.9 Å². The zero-order chi connectivity index (χ0) is 11.8. The van der Waals surface area contributed by atoms with Crippen LogP contribution in [-0.2, 0) is 4.84 Å². The summed E-state index contributed by atoms with van der Waals surface area (Å²) in [6.07, 6.45) is 1.08. The molecule has 0 saturated heterocycles. The second kappa shape index (κ2) is 6.39. The van der Waals surface area contributed by atoms with Crippen LogP contribution in [0, 0.1) is 10.1 Å². The summed E-state index contributed by atoms with van der Waals surface area (Å²) < 4.78 is 5.28. The quantitative estimate of drug-likeness (QED) is 0.304. The second-order valence-electron chi connectivity index (χ2n) is 2.91. The smallest absolute Gasteiger partial charge is 0.294 e. The molecule has 0 spiro atoms. The standard InChI is InChI=1S/C10H11NO5/c12-8-9-4-1-2-5-10(9)15-6-3-7-16-11(13)14/h1-2,4-5,8H,3,6-7H2. The zero-order valence-corrected chi connectivity index (χ0v) is 8.50. The topological polar surface area (TPSA) is 78.7 Å². The second-order valence-corrected chi connectivity index (χ2v) is 2.91. The Morgan fingerprint density at radius 2 is 2.06 bits per heavy atom. The van der Waals surface area contributed by atoms with Crippen molar-refractivity contribution >= 4 is 6.29 Å². The maximum Gasteiger partial charge on any atom is 0.294 e. The van der Waals surface area contributed by atoms with Crippen molar-refractivity contribution < 1.29 is 19.5 Å². The van der Waals surface area contributed by atoms with Gasteiger partial charge in [0.15, 0.2) is 6.29 Å². The molecule has 0 aliphatic carbocycles. The van der Waals surface area contributed by atoms with Gasteiger partial charge in [0, 0.05) is 6.42 Å². The molecule has 6 nitrogen and oxygen atoms in total. The first-order valence-electron chi connectivity index (χ1n) is 4.68. The van der Waals surface area contributed by atoms with Crippen molar-refractivity contribution in [2.75, 3.05) is 13.2 Å². The molecule has 0 radical (unpaired) electrons. The fourth-order valence-corrected chi connectivity index (χ4v) is 1.09. The van der Waals surface area contributed by atoms with Crippen molar-refractivity contribution in [1.82, 2.24) is 0 Å². The third kappa shape index (κ3) is 3.95. The number of carbonyl (C=O) groups excluding carboxylic acids is 1. The molecule has 0 aromatic heterocycles. The van der Waals surface area contributed by atoms with Gasteiger partial charge in [-0.25, -0.2) is 0 Å². The van der Waals surface area contributed by atoms with Gasteiger partial charge in [-0.3, -0.25) is 4.79 Å². The van der Waals surface area contributed by atoms with Gasteiger partial charge in [0.25, 0.3) is 5.09 Å². The molecule has 86 valence electrons. The van der Waals surface area contributed by atoms with Crippen LogP contribution >= 0.6 is 0 Å². The first-order chi connectivity index (χ1) is 7.74. The lowest BCUT2D eigenvalue weighted by atomic mass is 10.2. The van der Waals surface area contributed by atoms with E-state index in [1.165, 1.54) is 0 Å². The molecule has 6 heteroatoms. The van der Waals surface area contributed by atoms with Gasteiger partial charge in [-0.1, -0.05) is 12.1 Å². The molecule has 0 heterocycles. The Labute approximate surface area is 91.9 Å². The number of benzene rings is 1. The SMILES string of the molecule is O=Cc1ccccc1OCCCO[N+](=O)[O-]. The van der Waals surface area contributed by atoms with E-state index in [9.17, 15) is 14.9 Å². The van der Waals surface area contributed by atoms with E-state index in [0.717, 1.165) is 0 Å². The molecule has 0 N–H and O–H groups in total. The van der Waals surface area contributed by atoms with Crippen LogP contribution < -0.4 is 4.74 Å². The Kier molecular flexibility index (Phi) is 4.78. The monoisotopic (exact) mass is 225 g/mol. The van der Waals surface area contributed by atoms with E-state index in [4.69, 9.17) is 4.74 Å². The van der Waals surface area contributed by atoms with Crippen LogP contribution in [0.5, 0.6) is 5.75 Å². The molecule has 0 aliphatic rings. The number of carbonyl (C=O) groups is 1. The van der Waals surface area contributed by atoms with E-state index in [-0.39, 0.29) is 13.2 Å². The summed E-state index contributed by atoms with van der Waals surface area (Å²) in [6, 6.07) is 6.77. The lowest BCUT2D eigenvalue weighted by molar-refractivity contribution is -0.757. The zero-order valence-electron chi connectivity index (χ0n) is 8.50. The van der Waals surface area contributed by atoms with Crippen molar-refractivity contribution in [2.45, 2.75) is 6.42 Å². The Morgan fingerprint density at radius 3 is 2.75 bits per heavy atom. The summed E-state index contributed by atoms with van der Waals surface area (Å²) in [4.78, 5) is 24.5.